The van der Waals surface area contributed by atoms with Gasteiger partial charge in [0.2, 0.25) is 5.91 Å². The van der Waals surface area contributed by atoms with Crippen LogP contribution in [0.25, 0.3) is 11.2 Å². The van der Waals surface area contributed by atoms with Gasteiger partial charge < -0.3 is 14.6 Å². The molecule has 0 radical (unpaired) electrons. The average Bonchev–Trinajstić information content (AvgIpc) is 3.65. The molecule has 11 nitrogen and oxygen atoms in total. The quantitative estimate of drug-likeness (QED) is 0.273. The number of carbonyl (C=O) groups excluding carboxylic acids is 2. The van der Waals surface area contributed by atoms with E-state index in [4.69, 9.17) is 4.74 Å². The molecular weight excluding hydrogens is 536 g/mol. The van der Waals surface area contributed by atoms with Gasteiger partial charge in [0.1, 0.15) is 12.6 Å². The summed E-state index contributed by atoms with van der Waals surface area (Å²) in [6.45, 7) is 1.79. The molecule has 228 valence electrons. The number of hydrogen-bond donors (Lipinski definition) is 1. The van der Waals surface area contributed by atoms with Gasteiger partial charge in [0, 0.05) is 33.7 Å². The maximum absolute atomic E-state index is 12.8. The van der Waals surface area contributed by atoms with Crippen LogP contribution in [0.1, 0.15) is 76.2 Å². The molecule has 1 unspecified atom stereocenters. The maximum Gasteiger partial charge on any atom is 0.410 e. The van der Waals surface area contributed by atoms with Crippen molar-refractivity contribution in [1.29, 1.82) is 0 Å². The molecule has 1 N–H and O–H groups in total. The van der Waals surface area contributed by atoms with Crippen molar-refractivity contribution < 1.29 is 14.3 Å². The van der Waals surface area contributed by atoms with Gasteiger partial charge >= 0.3 is 11.8 Å². The number of carbonyl (C=O) groups is 2. The van der Waals surface area contributed by atoms with E-state index in [-0.39, 0.29) is 23.8 Å². The van der Waals surface area contributed by atoms with E-state index in [1.54, 1.807) is 29.9 Å². The monoisotopic (exact) mass is 580 g/mol. The molecule has 0 spiro atoms. The minimum absolute atomic E-state index is 0.0930. The summed E-state index contributed by atoms with van der Waals surface area (Å²) in [5, 5.41) is 3.00. The Morgan fingerprint density at radius 1 is 0.952 bits per heavy atom. The van der Waals surface area contributed by atoms with Crippen LogP contribution in [0.5, 0.6) is 0 Å². The Bertz CT molecular complexity index is 1440. The number of hydrogen-bond acceptors (Lipinski definition) is 6. The molecule has 1 aromatic carbocycles. The van der Waals surface area contributed by atoms with Gasteiger partial charge in [-0.3, -0.25) is 23.6 Å². The number of unbranched alkanes of at least 4 members (excludes halogenated alkanes) is 8. The molecule has 42 heavy (non-hydrogen) atoms. The van der Waals surface area contributed by atoms with E-state index < -0.39 is 12.1 Å². The molecular formula is C31H44N6O5. The molecule has 1 aliphatic rings. The van der Waals surface area contributed by atoms with Crippen LogP contribution < -0.4 is 16.6 Å². The SMILES string of the molecule is Cn1cnc2c1c(=O)n(CCCCCCCCCCCNC(=O)C1CCCN1C(=O)OCc1ccccc1)c(=O)n2C. The van der Waals surface area contributed by atoms with E-state index in [0.717, 1.165) is 69.8 Å². The van der Waals surface area contributed by atoms with Gasteiger partial charge in [-0.05, 0) is 31.2 Å². The highest BCUT2D eigenvalue weighted by atomic mass is 16.6. The molecule has 3 aromatic rings. The number of rotatable bonds is 15. The van der Waals surface area contributed by atoms with E-state index in [1.807, 2.05) is 30.3 Å². The Balaban J connectivity index is 1.03. The van der Waals surface area contributed by atoms with Crippen molar-refractivity contribution in [3.63, 3.8) is 0 Å². The number of amides is 2. The van der Waals surface area contributed by atoms with Gasteiger partial charge in [-0.15, -0.1) is 0 Å². The lowest BCUT2D eigenvalue weighted by molar-refractivity contribution is -0.125. The van der Waals surface area contributed by atoms with Crippen LogP contribution in [0.2, 0.25) is 0 Å². The van der Waals surface area contributed by atoms with Crippen LogP contribution in [0.4, 0.5) is 4.79 Å². The number of aryl methyl sites for hydroxylation is 2. The predicted octanol–water partition coefficient (Wildman–Crippen LogP) is 3.86. The number of nitrogens with one attached hydrogen (secondary N) is 1. The molecule has 1 saturated heterocycles. The first-order chi connectivity index (χ1) is 20.4. The number of nitrogens with zero attached hydrogens (tertiary/aromatic N) is 5. The fraction of sp³-hybridized carbons (Fsp3) is 0.581. The molecule has 0 aliphatic carbocycles. The second-order valence-electron chi connectivity index (χ2n) is 11.2. The van der Waals surface area contributed by atoms with E-state index in [9.17, 15) is 19.2 Å². The van der Waals surface area contributed by atoms with Crippen molar-refractivity contribution in [3.8, 4) is 0 Å². The first-order valence-electron chi connectivity index (χ1n) is 15.2. The summed E-state index contributed by atoms with van der Waals surface area (Å²) in [5.74, 6) is -0.0930. The van der Waals surface area contributed by atoms with Gasteiger partial charge in [-0.1, -0.05) is 75.3 Å². The molecule has 4 rings (SSSR count). The lowest BCUT2D eigenvalue weighted by Crippen LogP contribution is -2.46. The number of imidazole rings is 1. The van der Waals surface area contributed by atoms with Crippen LogP contribution in [0, 0.1) is 0 Å². The molecule has 1 aliphatic heterocycles. The van der Waals surface area contributed by atoms with Gasteiger partial charge in [-0.2, -0.15) is 0 Å². The largest absolute Gasteiger partial charge is 0.445 e. The van der Waals surface area contributed by atoms with Crippen molar-refractivity contribution in [2.24, 2.45) is 14.1 Å². The Morgan fingerprint density at radius 2 is 1.62 bits per heavy atom. The molecule has 3 heterocycles. The van der Waals surface area contributed by atoms with Gasteiger partial charge in [0.05, 0.1) is 6.33 Å². The molecule has 1 fully saturated rings. The third-order valence-corrected chi connectivity index (χ3v) is 8.05. The normalized spacial score (nSPS) is 14.9. The summed E-state index contributed by atoms with van der Waals surface area (Å²) in [4.78, 5) is 56.3. The molecule has 2 amide bonds. The van der Waals surface area contributed by atoms with Crippen LogP contribution in [-0.2, 0) is 36.8 Å². The summed E-state index contributed by atoms with van der Waals surface area (Å²) in [5.41, 5.74) is 1.21. The van der Waals surface area contributed by atoms with Gasteiger partial charge in [0.15, 0.2) is 11.2 Å². The van der Waals surface area contributed by atoms with E-state index >= 15 is 0 Å². The Kier molecular flexibility index (Phi) is 11.4. The number of likely N-dealkylation sites (tertiary alicyclic amines) is 1. The van der Waals surface area contributed by atoms with E-state index in [0.29, 0.717) is 37.2 Å². The number of ether oxygens (including phenoxy) is 1. The smallest absolute Gasteiger partial charge is 0.410 e. The first kappa shape index (κ1) is 31.1. The lowest BCUT2D eigenvalue weighted by atomic mass is 10.1. The predicted molar refractivity (Wildman–Crippen MR) is 161 cm³/mol. The first-order valence-corrected chi connectivity index (χ1v) is 15.2. The minimum atomic E-state index is -0.451. The Labute approximate surface area is 246 Å². The van der Waals surface area contributed by atoms with Crippen molar-refractivity contribution in [1.82, 2.24) is 28.9 Å². The zero-order chi connectivity index (χ0) is 29.9. The summed E-state index contributed by atoms with van der Waals surface area (Å²) in [6.07, 6.45) is 12.0. The second kappa shape index (κ2) is 15.4. The maximum atomic E-state index is 12.8. The highest BCUT2D eigenvalue weighted by Gasteiger charge is 2.34. The standard InChI is InChI=1S/C31H44N6O5/c1-34-23-33-27-26(34)29(39)37(30(40)35(27)2)20-14-9-7-5-3-4-6-8-13-19-32-28(38)25-18-15-21-36(25)31(41)42-22-24-16-11-10-12-17-24/h10-12,16-17,23,25H,3-9,13-15,18-22H2,1-2H3,(H,32,38). The number of fused-ring (bicyclic) bond motifs is 1. The van der Waals surface area contributed by atoms with Crippen molar-refractivity contribution >= 4 is 23.2 Å². The fourth-order valence-electron chi connectivity index (χ4n) is 5.62. The van der Waals surface area contributed by atoms with Crippen LogP contribution in [0.15, 0.2) is 46.2 Å². The Hall–Kier alpha value is -3.89. The second-order valence-corrected chi connectivity index (χ2v) is 11.2. The molecule has 1 atom stereocenters. The van der Waals surface area contributed by atoms with E-state index in [2.05, 4.69) is 10.3 Å². The third-order valence-electron chi connectivity index (χ3n) is 8.05. The summed E-state index contributed by atoms with van der Waals surface area (Å²) >= 11 is 0. The molecule has 0 saturated carbocycles. The molecule has 0 bridgehead atoms. The molecule has 2 aromatic heterocycles. The summed E-state index contributed by atoms with van der Waals surface area (Å²) < 4.78 is 9.86. The van der Waals surface area contributed by atoms with E-state index in [1.165, 1.54) is 9.13 Å². The van der Waals surface area contributed by atoms with Crippen LogP contribution >= 0.6 is 0 Å². The topological polar surface area (TPSA) is 120 Å². The average molecular weight is 581 g/mol. The highest BCUT2D eigenvalue weighted by molar-refractivity contribution is 5.86. The Morgan fingerprint density at radius 3 is 2.33 bits per heavy atom. The number of aromatic nitrogens is 4. The number of benzene rings is 1. The van der Waals surface area contributed by atoms with Gasteiger partial charge in [0.25, 0.3) is 5.56 Å². The fourth-order valence-corrected chi connectivity index (χ4v) is 5.62. The van der Waals surface area contributed by atoms with Crippen LogP contribution in [0.3, 0.4) is 0 Å². The zero-order valence-electron chi connectivity index (χ0n) is 24.9. The minimum Gasteiger partial charge on any atom is -0.445 e. The van der Waals surface area contributed by atoms with Crippen LogP contribution in [-0.4, -0.2) is 54.7 Å². The van der Waals surface area contributed by atoms with Gasteiger partial charge in [-0.25, -0.2) is 14.6 Å². The molecule has 11 heteroatoms. The van der Waals surface area contributed by atoms with Crippen molar-refractivity contribution in [2.75, 3.05) is 13.1 Å². The lowest BCUT2D eigenvalue weighted by Gasteiger charge is -2.23. The van der Waals surface area contributed by atoms with Crippen molar-refractivity contribution in [2.45, 2.75) is 89.8 Å². The van der Waals surface area contributed by atoms with Crippen molar-refractivity contribution in [3.05, 3.63) is 63.1 Å². The zero-order valence-corrected chi connectivity index (χ0v) is 24.9. The summed E-state index contributed by atoms with van der Waals surface area (Å²) in [6, 6.07) is 9.08. The summed E-state index contributed by atoms with van der Waals surface area (Å²) in [7, 11) is 3.41. The highest BCUT2D eigenvalue weighted by Crippen LogP contribution is 2.19. The third kappa shape index (κ3) is 7.89.